The van der Waals surface area contributed by atoms with Crippen LogP contribution in [0.3, 0.4) is 0 Å². The first kappa shape index (κ1) is 37.4. The lowest BCUT2D eigenvalue weighted by Crippen LogP contribution is -2.30. The van der Waals surface area contributed by atoms with Crippen molar-refractivity contribution in [1.29, 1.82) is 0 Å². The van der Waals surface area contributed by atoms with Crippen molar-refractivity contribution in [2.75, 3.05) is 30.1 Å². The van der Waals surface area contributed by atoms with Crippen LogP contribution in [0.25, 0.3) is 6.08 Å². The number of carbonyl (C=O) groups is 4. The number of anilines is 2. The van der Waals surface area contributed by atoms with Crippen molar-refractivity contribution in [1.82, 2.24) is 5.32 Å². The lowest BCUT2D eigenvalue weighted by atomic mass is 9.72. The minimum Gasteiger partial charge on any atom is -0.496 e. The van der Waals surface area contributed by atoms with Crippen molar-refractivity contribution < 1.29 is 28.7 Å². The summed E-state index contributed by atoms with van der Waals surface area (Å²) in [4.78, 5) is 54.8. The molecule has 4 aromatic rings. The van der Waals surface area contributed by atoms with Gasteiger partial charge in [-0.25, -0.2) is 4.79 Å². The van der Waals surface area contributed by atoms with Crippen LogP contribution >= 0.6 is 23.1 Å². The number of ether oxygens (including phenoxy) is 2. The van der Waals surface area contributed by atoms with Crippen LogP contribution < -0.4 is 20.7 Å². The van der Waals surface area contributed by atoms with E-state index < -0.39 is 17.8 Å². The monoisotopic (exact) mass is 725 g/mol. The average molecular weight is 726 g/mol. The summed E-state index contributed by atoms with van der Waals surface area (Å²) < 4.78 is 10.8. The fourth-order valence-electron chi connectivity index (χ4n) is 5.89. The van der Waals surface area contributed by atoms with Gasteiger partial charge in [-0.1, -0.05) is 63.2 Å². The molecule has 0 spiro atoms. The van der Waals surface area contributed by atoms with Crippen LogP contribution in [0.1, 0.15) is 70.8 Å². The van der Waals surface area contributed by atoms with Crippen molar-refractivity contribution in [2.45, 2.75) is 51.9 Å². The average Bonchev–Trinajstić information content (AvgIpc) is 3.48. The van der Waals surface area contributed by atoms with E-state index in [-0.39, 0.29) is 29.4 Å². The van der Waals surface area contributed by atoms with Crippen LogP contribution in [0.4, 0.5) is 10.7 Å². The molecule has 0 saturated carbocycles. The van der Waals surface area contributed by atoms with Crippen molar-refractivity contribution in [3.05, 3.63) is 112 Å². The number of methoxy groups -OCH3 is 1. The molecule has 1 aromatic heterocycles. The van der Waals surface area contributed by atoms with Crippen LogP contribution in [0.5, 0.6) is 5.75 Å². The molecule has 1 aliphatic carbocycles. The van der Waals surface area contributed by atoms with Gasteiger partial charge in [0.15, 0.2) is 0 Å². The highest BCUT2D eigenvalue weighted by molar-refractivity contribution is 8.00. The molecule has 3 N–H and O–H groups in total. The molecule has 0 aliphatic heterocycles. The van der Waals surface area contributed by atoms with E-state index in [2.05, 4.69) is 36.7 Å². The van der Waals surface area contributed by atoms with Gasteiger partial charge in [-0.2, -0.15) is 0 Å². The summed E-state index contributed by atoms with van der Waals surface area (Å²) in [5.74, 6) is -0.524. The molecule has 11 heteroatoms. The van der Waals surface area contributed by atoms with Gasteiger partial charge in [0, 0.05) is 26.6 Å². The molecule has 1 aliphatic rings. The Morgan fingerprint density at radius 1 is 0.961 bits per heavy atom. The third kappa shape index (κ3) is 9.68. The minimum atomic E-state index is -0.535. The molecule has 9 nitrogen and oxygen atoms in total. The molecule has 51 heavy (non-hydrogen) atoms. The maximum atomic E-state index is 13.6. The van der Waals surface area contributed by atoms with Gasteiger partial charge in [-0.15, -0.1) is 23.1 Å². The molecule has 1 atom stereocenters. The van der Waals surface area contributed by atoms with Crippen LogP contribution in [0, 0.1) is 11.3 Å². The molecule has 1 heterocycles. The lowest BCUT2D eigenvalue weighted by Gasteiger charge is -2.33. The molecule has 266 valence electrons. The van der Waals surface area contributed by atoms with E-state index in [1.165, 1.54) is 30.2 Å². The molecule has 3 aromatic carbocycles. The highest BCUT2D eigenvalue weighted by atomic mass is 32.2. The maximum absolute atomic E-state index is 13.6. The normalized spacial score (nSPS) is 14.2. The van der Waals surface area contributed by atoms with Gasteiger partial charge in [-0.05, 0) is 85.6 Å². The number of nitrogens with one attached hydrogen (secondary N) is 3. The van der Waals surface area contributed by atoms with Gasteiger partial charge in [0.25, 0.3) is 11.8 Å². The lowest BCUT2D eigenvalue weighted by molar-refractivity contribution is -0.114. The van der Waals surface area contributed by atoms with Gasteiger partial charge >= 0.3 is 5.97 Å². The zero-order chi connectivity index (χ0) is 36.5. The van der Waals surface area contributed by atoms with Gasteiger partial charge in [0.05, 0.1) is 25.0 Å². The summed E-state index contributed by atoms with van der Waals surface area (Å²) in [6.07, 6.45) is 4.18. The third-order valence-electron chi connectivity index (χ3n) is 8.65. The minimum absolute atomic E-state index is 0.0238. The first-order chi connectivity index (χ1) is 24.5. The van der Waals surface area contributed by atoms with Crippen LogP contribution in [-0.4, -0.2) is 43.2 Å². The molecular weight excluding hydrogens is 683 g/mol. The van der Waals surface area contributed by atoms with Crippen molar-refractivity contribution in [2.24, 2.45) is 11.3 Å². The summed E-state index contributed by atoms with van der Waals surface area (Å²) in [6.45, 7) is 8.75. The Morgan fingerprint density at radius 3 is 2.43 bits per heavy atom. The van der Waals surface area contributed by atoms with Crippen molar-refractivity contribution in [3.63, 3.8) is 0 Å². The molecular formula is C40H43N3O6S2. The number of thiophene rings is 1. The molecule has 0 bridgehead atoms. The highest BCUT2D eigenvalue weighted by Crippen LogP contribution is 2.44. The van der Waals surface area contributed by atoms with E-state index in [1.807, 2.05) is 18.2 Å². The molecule has 0 saturated heterocycles. The summed E-state index contributed by atoms with van der Waals surface area (Å²) >= 11 is 2.77. The Morgan fingerprint density at radius 2 is 1.71 bits per heavy atom. The number of amides is 3. The Hall–Kier alpha value is -4.87. The van der Waals surface area contributed by atoms with E-state index in [4.69, 9.17) is 9.47 Å². The topological polar surface area (TPSA) is 123 Å². The number of hydrogen-bond donors (Lipinski definition) is 3. The molecule has 5 rings (SSSR count). The molecule has 1 unspecified atom stereocenters. The van der Waals surface area contributed by atoms with Crippen LogP contribution in [-0.2, 0) is 27.2 Å². The predicted octanol–water partition coefficient (Wildman–Crippen LogP) is 8.22. The highest BCUT2D eigenvalue weighted by Gasteiger charge is 2.34. The smallest absolute Gasteiger partial charge is 0.341 e. The fourth-order valence-corrected chi connectivity index (χ4v) is 7.98. The Bertz CT molecular complexity index is 1930. The molecule has 0 fully saturated rings. The van der Waals surface area contributed by atoms with E-state index in [0.717, 1.165) is 34.6 Å². The Kier molecular flexibility index (Phi) is 12.4. The number of benzene rings is 3. The SMILES string of the molecule is CCOC(=O)c1c(NC(=O)CSc2cccc(NC(=O)/C(=C\c3ccccc3OC)NC(=O)c3ccccc3)c2)sc2c1CCC(C(C)(C)C)C2. The molecule has 3 amide bonds. The number of esters is 1. The predicted molar refractivity (Wildman–Crippen MR) is 205 cm³/mol. The Labute approximate surface area is 307 Å². The molecule has 0 radical (unpaired) electrons. The summed E-state index contributed by atoms with van der Waals surface area (Å²) in [5, 5.41) is 9.14. The standard InChI is InChI=1S/C40H43N3O6S2/c1-6-49-39(47)35-30-20-19-27(40(2,3)4)22-33(30)51-38(35)43-34(44)24-50-29-17-12-16-28(23-29)41-37(46)31(21-26-15-10-11-18-32(26)48-5)42-36(45)25-13-8-7-9-14-25/h7-18,21,23,27H,6,19-20,22,24H2,1-5H3,(H,41,46)(H,42,45)(H,43,44)/b31-21+. The van der Waals surface area contributed by atoms with Crippen LogP contribution in [0.15, 0.2) is 89.5 Å². The largest absolute Gasteiger partial charge is 0.496 e. The number of hydrogen-bond acceptors (Lipinski definition) is 8. The maximum Gasteiger partial charge on any atom is 0.341 e. The first-order valence-electron chi connectivity index (χ1n) is 16.8. The van der Waals surface area contributed by atoms with Crippen molar-refractivity contribution in [3.8, 4) is 5.75 Å². The van der Waals surface area contributed by atoms with Gasteiger partial charge in [0.2, 0.25) is 5.91 Å². The van der Waals surface area contributed by atoms with E-state index in [0.29, 0.717) is 39.0 Å². The number of para-hydroxylation sites is 1. The van der Waals surface area contributed by atoms with E-state index in [9.17, 15) is 19.2 Å². The third-order valence-corrected chi connectivity index (χ3v) is 10.8. The summed E-state index contributed by atoms with van der Waals surface area (Å²) in [7, 11) is 1.54. The summed E-state index contributed by atoms with van der Waals surface area (Å²) in [6, 6.07) is 22.9. The second kappa shape index (κ2) is 16.9. The zero-order valence-electron chi connectivity index (χ0n) is 29.5. The van der Waals surface area contributed by atoms with Crippen LogP contribution in [0.2, 0.25) is 0 Å². The van der Waals surface area contributed by atoms with Gasteiger partial charge < -0.3 is 25.4 Å². The number of fused-ring (bicyclic) bond motifs is 1. The number of carbonyl (C=O) groups excluding carboxylic acids is 4. The number of thioether (sulfide) groups is 1. The first-order valence-corrected chi connectivity index (χ1v) is 18.6. The Balaban J connectivity index is 1.28. The van der Waals surface area contributed by atoms with E-state index >= 15 is 0 Å². The zero-order valence-corrected chi connectivity index (χ0v) is 31.1. The van der Waals surface area contributed by atoms with E-state index in [1.54, 1.807) is 73.7 Å². The van der Waals surface area contributed by atoms with Gasteiger partial charge in [-0.3, -0.25) is 14.4 Å². The summed E-state index contributed by atoms with van der Waals surface area (Å²) in [5.41, 5.74) is 3.13. The number of rotatable bonds is 12. The quantitative estimate of drug-likeness (QED) is 0.0764. The van der Waals surface area contributed by atoms with Crippen molar-refractivity contribution >= 4 is 63.6 Å². The second-order valence-corrected chi connectivity index (χ2v) is 15.3. The second-order valence-electron chi connectivity index (χ2n) is 13.2. The van der Waals surface area contributed by atoms with Gasteiger partial charge in [0.1, 0.15) is 16.4 Å². The fraction of sp³-hybridized carbons (Fsp3) is 0.300.